The first-order chi connectivity index (χ1) is 14.0. The van der Waals surface area contributed by atoms with Crippen LogP contribution in [0.1, 0.15) is 30.9 Å². The van der Waals surface area contributed by atoms with Crippen molar-refractivity contribution < 1.29 is 14.3 Å². The van der Waals surface area contributed by atoms with Crippen LogP contribution in [0.25, 0.3) is 11.1 Å². The lowest BCUT2D eigenvalue weighted by atomic mass is 9.82. The Morgan fingerprint density at radius 3 is 2.48 bits per heavy atom. The number of nitrogens with zero attached hydrogens (tertiary/aromatic N) is 2. The third-order valence-corrected chi connectivity index (χ3v) is 4.67. The van der Waals surface area contributed by atoms with Crippen molar-refractivity contribution in [1.82, 2.24) is 0 Å². The summed E-state index contributed by atoms with van der Waals surface area (Å²) >= 11 is 0. The molecule has 0 spiro atoms. The fraction of sp³-hybridized carbons (Fsp3) is 0.174. The van der Waals surface area contributed by atoms with Crippen LogP contribution in [-0.4, -0.2) is 12.6 Å². The number of hydrogen-bond acceptors (Lipinski definition) is 6. The van der Waals surface area contributed by atoms with Crippen LogP contribution < -0.4 is 5.73 Å². The third kappa shape index (κ3) is 3.83. The Labute approximate surface area is 169 Å². The van der Waals surface area contributed by atoms with Crippen molar-refractivity contribution in [2.75, 3.05) is 6.61 Å². The highest BCUT2D eigenvalue weighted by atomic mass is 16.5. The Morgan fingerprint density at radius 1 is 1.14 bits per heavy atom. The molecule has 0 radical (unpaired) electrons. The van der Waals surface area contributed by atoms with Crippen molar-refractivity contribution >= 4 is 5.97 Å². The molecule has 6 heteroatoms. The number of rotatable bonds is 4. The van der Waals surface area contributed by atoms with Gasteiger partial charge in [-0.2, -0.15) is 10.5 Å². The van der Waals surface area contributed by atoms with Gasteiger partial charge in [-0.3, -0.25) is 0 Å². The van der Waals surface area contributed by atoms with Gasteiger partial charge < -0.3 is 15.2 Å². The van der Waals surface area contributed by atoms with Crippen molar-refractivity contribution in [2.45, 2.75) is 19.8 Å². The SMILES string of the molecule is CCOC(=O)C1=C(C)OC(N)=C(C#N)C1c1cccc(-c2ccc(C#N)cc2)c1. The predicted molar refractivity (Wildman–Crippen MR) is 107 cm³/mol. The second-order valence-electron chi connectivity index (χ2n) is 6.43. The summed E-state index contributed by atoms with van der Waals surface area (Å²) in [6, 6.07) is 18.9. The number of ether oxygens (including phenoxy) is 2. The number of hydrogen-bond donors (Lipinski definition) is 1. The van der Waals surface area contributed by atoms with Crippen LogP contribution in [0.5, 0.6) is 0 Å². The molecule has 1 aliphatic rings. The van der Waals surface area contributed by atoms with Crippen LogP contribution in [0.3, 0.4) is 0 Å². The van der Waals surface area contributed by atoms with Crippen LogP contribution >= 0.6 is 0 Å². The molecule has 0 fully saturated rings. The van der Waals surface area contributed by atoms with E-state index in [4.69, 9.17) is 20.5 Å². The highest BCUT2D eigenvalue weighted by Crippen LogP contribution is 2.40. The summed E-state index contributed by atoms with van der Waals surface area (Å²) in [6.07, 6.45) is 0. The molecule has 1 unspecified atom stereocenters. The minimum atomic E-state index is -0.689. The molecule has 6 nitrogen and oxygen atoms in total. The minimum absolute atomic E-state index is 0.0215. The van der Waals surface area contributed by atoms with E-state index in [1.54, 1.807) is 26.0 Å². The normalized spacial score (nSPS) is 15.9. The van der Waals surface area contributed by atoms with Gasteiger partial charge >= 0.3 is 5.97 Å². The summed E-state index contributed by atoms with van der Waals surface area (Å²) < 4.78 is 10.6. The van der Waals surface area contributed by atoms with E-state index in [1.165, 1.54) is 0 Å². The predicted octanol–water partition coefficient (Wildman–Crippen LogP) is 3.87. The molecule has 0 aliphatic carbocycles. The fourth-order valence-electron chi connectivity index (χ4n) is 3.32. The maximum atomic E-state index is 12.6. The van der Waals surface area contributed by atoms with Gasteiger partial charge in [0.25, 0.3) is 0 Å². The molecule has 1 heterocycles. The zero-order chi connectivity index (χ0) is 21.0. The van der Waals surface area contributed by atoms with Gasteiger partial charge in [-0.15, -0.1) is 0 Å². The van der Waals surface area contributed by atoms with Gasteiger partial charge in [0.15, 0.2) is 0 Å². The minimum Gasteiger partial charge on any atom is -0.463 e. The molecular weight excluding hydrogens is 366 g/mol. The molecule has 0 saturated carbocycles. The molecule has 3 rings (SSSR count). The second kappa shape index (κ2) is 8.33. The highest BCUT2D eigenvalue weighted by molar-refractivity contribution is 5.92. The molecule has 0 bridgehead atoms. The van der Waals surface area contributed by atoms with Crippen LogP contribution in [0.15, 0.2) is 71.3 Å². The Kier molecular flexibility index (Phi) is 5.66. The van der Waals surface area contributed by atoms with Crippen LogP contribution in [0, 0.1) is 22.7 Å². The molecule has 1 atom stereocenters. The first-order valence-electron chi connectivity index (χ1n) is 9.06. The monoisotopic (exact) mass is 385 g/mol. The van der Waals surface area contributed by atoms with Gasteiger partial charge in [0.1, 0.15) is 17.4 Å². The Morgan fingerprint density at radius 2 is 1.86 bits per heavy atom. The van der Waals surface area contributed by atoms with Crippen molar-refractivity contribution in [3.63, 3.8) is 0 Å². The lowest BCUT2D eigenvalue weighted by Crippen LogP contribution is -2.25. The summed E-state index contributed by atoms with van der Waals surface area (Å²) in [6.45, 7) is 3.55. The first kappa shape index (κ1) is 19.7. The van der Waals surface area contributed by atoms with E-state index in [0.717, 1.165) is 16.7 Å². The third-order valence-electron chi connectivity index (χ3n) is 4.67. The molecule has 2 aromatic carbocycles. The largest absolute Gasteiger partial charge is 0.463 e. The Balaban J connectivity index is 2.12. The second-order valence-corrected chi connectivity index (χ2v) is 6.43. The van der Waals surface area contributed by atoms with Crippen LogP contribution in [0.2, 0.25) is 0 Å². The summed E-state index contributed by atoms with van der Waals surface area (Å²) in [7, 11) is 0. The molecule has 0 aromatic heterocycles. The van der Waals surface area contributed by atoms with Crippen molar-refractivity contribution in [3.05, 3.63) is 82.4 Å². The average Bonchev–Trinajstić information content (AvgIpc) is 2.73. The molecule has 1 aliphatic heterocycles. The maximum absolute atomic E-state index is 12.6. The molecule has 2 N–H and O–H groups in total. The number of benzene rings is 2. The lowest BCUT2D eigenvalue weighted by Gasteiger charge is -2.27. The number of nitrogens with two attached hydrogens (primary N) is 1. The summed E-state index contributed by atoms with van der Waals surface area (Å²) in [4.78, 5) is 12.6. The topological polar surface area (TPSA) is 109 Å². The summed E-state index contributed by atoms with van der Waals surface area (Å²) in [5.74, 6) is -0.939. The van der Waals surface area contributed by atoms with Gasteiger partial charge in [0.05, 0.1) is 29.7 Å². The van der Waals surface area contributed by atoms with E-state index in [9.17, 15) is 10.1 Å². The molecule has 29 heavy (non-hydrogen) atoms. The van der Waals surface area contributed by atoms with E-state index in [1.807, 2.05) is 36.4 Å². The van der Waals surface area contributed by atoms with Crippen molar-refractivity contribution in [3.8, 4) is 23.3 Å². The van der Waals surface area contributed by atoms with Gasteiger partial charge in [-0.1, -0.05) is 36.4 Å². The standard InChI is InChI=1S/C23H19N3O3/c1-3-28-23(27)20-14(2)29-22(26)19(13-25)21(20)18-6-4-5-17(11-18)16-9-7-15(12-24)8-10-16/h4-11,21H,3,26H2,1-2H3. The fourth-order valence-corrected chi connectivity index (χ4v) is 3.32. The van der Waals surface area contributed by atoms with Gasteiger partial charge in [-0.05, 0) is 42.7 Å². The van der Waals surface area contributed by atoms with E-state index >= 15 is 0 Å². The first-order valence-corrected chi connectivity index (χ1v) is 9.06. The molecule has 0 saturated heterocycles. The van der Waals surface area contributed by atoms with Crippen molar-refractivity contribution in [2.24, 2.45) is 5.73 Å². The zero-order valence-electron chi connectivity index (χ0n) is 16.1. The Bertz CT molecular complexity index is 1100. The highest BCUT2D eigenvalue weighted by Gasteiger charge is 2.36. The lowest BCUT2D eigenvalue weighted by molar-refractivity contribution is -0.139. The quantitative estimate of drug-likeness (QED) is 0.800. The van der Waals surface area contributed by atoms with Gasteiger partial charge in [0.2, 0.25) is 5.88 Å². The average molecular weight is 385 g/mol. The van der Waals surface area contributed by atoms with E-state index < -0.39 is 11.9 Å². The molecule has 0 amide bonds. The van der Waals surface area contributed by atoms with Crippen LogP contribution in [-0.2, 0) is 14.3 Å². The maximum Gasteiger partial charge on any atom is 0.338 e. The summed E-state index contributed by atoms with van der Waals surface area (Å²) in [5, 5.41) is 18.7. The van der Waals surface area contributed by atoms with Gasteiger partial charge in [0, 0.05) is 0 Å². The van der Waals surface area contributed by atoms with Crippen LogP contribution in [0.4, 0.5) is 0 Å². The van der Waals surface area contributed by atoms with Crippen molar-refractivity contribution in [1.29, 1.82) is 10.5 Å². The molecule has 144 valence electrons. The zero-order valence-corrected chi connectivity index (χ0v) is 16.1. The smallest absolute Gasteiger partial charge is 0.338 e. The number of carbonyl (C=O) groups is 1. The Hall–Kier alpha value is -4.03. The summed E-state index contributed by atoms with van der Waals surface area (Å²) in [5.41, 5.74) is 9.45. The number of carbonyl (C=O) groups excluding carboxylic acids is 1. The molecular formula is C23H19N3O3. The van der Waals surface area contributed by atoms with E-state index in [-0.39, 0.29) is 23.6 Å². The number of allylic oxidation sites excluding steroid dienone is 2. The number of esters is 1. The van der Waals surface area contributed by atoms with E-state index in [2.05, 4.69) is 12.1 Å². The van der Waals surface area contributed by atoms with Gasteiger partial charge in [-0.25, -0.2) is 4.79 Å². The van der Waals surface area contributed by atoms with E-state index in [0.29, 0.717) is 11.3 Å². The number of nitriles is 2. The molecule has 2 aromatic rings.